The Hall–Kier alpha value is -2.96. The average Bonchev–Trinajstić information content (AvgIpc) is 3.38. The zero-order chi connectivity index (χ0) is 21.4. The van der Waals surface area contributed by atoms with Crippen LogP contribution in [0.15, 0.2) is 53.9 Å². The van der Waals surface area contributed by atoms with Crippen molar-refractivity contribution in [2.24, 2.45) is 0 Å². The summed E-state index contributed by atoms with van der Waals surface area (Å²) in [5, 5.41) is 4.35. The van der Waals surface area contributed by atoms with Crippen molar-refractivity contribution in [3.05, 3.63) is 76.4 Å². The van der Waals surface area contributed by atoms with E-state index in [0.717, 1.165) is 65.6 Å². The molecule has 158 valence electrons. The van der Waals surface area contributed by atoms with E-state index in [1.165, 1.54) is 11.1 Å². The number of piperazine rings is 1. The summed E-state index contributed by atoms with van der Waals surface area (Å²) < 4.78 is 0. The highest BCUT2D eigenvalue weighted by Crippen LogP contribution is 2.25. The first kappa shape index (κ1) is 20.0. The Morgan fingerprint density at radius 2 is 1.84 bits per heavy atom. The number of amides is 1. The molecule has 1 aliphatic rings. The highest BCUT2D eigenvalue weighted by Gasteiger charge is 2.23. The van der Waals surface area contributed by atoms with Crippen molar-refractivity contribution in [1.82, 2.24) is 19.8 Å². The fourth-order valence-electron chi connectivity index (χ4n) is 4.21. The van der Waals surface area contributed by atoms with E-state index in [4.69, 9.17) is 4.98 Å². The third-order valence-corrected chi connectivity index (χ3v) is 7.11. The summed E-state index contributed by atoms with van der Waals surface area (Å²) in [6, 6.07) is 16.3. The molecule has 6 heteroatoms. The standard InChI is InChI=1S/C25H26N4OS/c1-17-18(2)26-23-9-8-20(14-22(17)23)25(30)29-12-10-28(11-13-29)15-21-16-31-24(27-21)19-6-4-3-5-7-19/h3-9,14,16,26H,10-13,15H2,1-2H3. The Balaban J connectivity index is 1.21. The van der Waals surface area contributed by atoms with Gasteiger partial charge in [0.2, 0.25) is 0 Å². The molecule has 31 heavy (non-hydrogen) atoms. The number of hydrogen-bond acceptors (Lipinski definition) is 4. The Morgan fingerprint density at radius 3 is 2.61 bits per heavy atom. The van der Waals surface area contributed by atoms with Crippen LogP contribution in [0.2, 0.25) is 0 Å². The maximum Gasteiger partial charge on any atom is 0.253 e. The third-order valence-electron chi connectivity index (χ3n) is 6.17. The van der Waals surface area contributed by atoms with E-state index in [1.807, 2.05) is 41.3 Å². The first-order chi connectivity index (χ1) is 15.1. The van der Waals surface area contributed by atoms with Crippen molar-refractivity contribution in [2.75, 3.05) is 26.2 Å². The van der Waals surface area contributed by atoms with Gasteiger partial charge in [0, 0.05) is 65.8 Å². The number of nitrogens with zero attached hydrogens (tertiary/aromatic N) is 3. The predicted octanol–water partition coefficient (Wildman–Crippen LogP) is 4.87. The second kappa shape index (κ2) is 8.29. The van der Waals surface area contributed by atoms with Crippen LogP contribution in [0.5, 0.6) is 0 Å². The number of carbonyl (C=O) groups is 1. The second-order valence-corrected chi connectivity index (χ2v) is 9.07. The Bertz CT molecular complexity index is 1220. The predicted molar refractivity (Wildman–Crippen MR) is 127 cm³/mol. The lowest BCUT2D eigenvalue weighted by atomic mass is 10.1. The lowest BCUT2D eigenvalue weighted by Gasteiger charge is -2.34. The monoisotopic (exact) mass is 430 g/mol. The number of aromatic nitrogens is 2. The maximum atomic E-state index is 13.1. The van der Waals surface area contributed by atoms with E-state index in [9.17, 15) is 4.79 Å². The van der Waals surface area contributed by atoms with Crippen LogP contribution in [0, 0.1) is 13.8 Å². The molecule has 5 rings (SSSR count). The summed E-state index contributed by atoms with van der Waals surface area (Å²) in [5.74, 6) is 0.125. The van der Waals surface area contributed by atoms with Crippen LogP contribution in [-0.2, 0) is 6.54 Å². The largest absolute Gasteiger partial charge is 0.358 e. The number of H-pyrrole nitrogens is 1. The van der Waals surface area contributed by atoms with Gasteiger partial charge in [-0.2, -0.15) is 0 Å². The van der Waals surface area contributed by atoms with Gasteiger partial charge in [0.05, 0.1) is 5.69 Å². The van der Waals surface area contributed by atoms with E-state index in [-0.39, 0.29) is 5.91 Å². The van der Waals surface area contributed by atoms with Gasteiger partial charge in [0.15, 0.2) is 0 Å². The molecule has 2 aromatic heterocycles. The van der Waals surface area contributed by atoms with Crippen molar-refractivity contribution in [1.29, 1.82) is 0 Å². The van der Waals surface area contributed by atoms with Crippen LogP contribution in [-0.4, -0.2) is 51.9 Å². The molecule has 1 N–H and O–H groups in total. The van der Waals surface area contributed by atoms with Crippen LogP contribution in [0.3, 0.4) is 0 Å². The molecule has 0 aliphatic carbocycles. The van der Waals surface area contributed by atoms with E-state index < -0.39 is 0 Å². The molecule has 3 heterocycles. The second-order valence-electron chi connectivity index (χ2n) is 8.21. The van der Waals surface area contributed by atoms with Crippen molar-refractivity contribution in [3.8, 4) is 10.6 Å². The molecule has 5 nitrogen and oxygen atoms in total. The smallest absolute Gasteiger partial charge is 0.253 e. The topological polar surface area (TPSA) is 52.2 Å². The number of aromatic amines is 1. The fraction of sp³-hybridized carbons (Fsp3) is 0.280. The van der Waals surface area contributed by atoms with Gasteiger partial charge in [0.25, 0.3) is 5.91 Å². The first-order valence-corrected chi connectivity index (χ1v) is 11.6. The van der Waals surface area contributed by atoms with Crippen molar-refractivity contribution < 1.29 is 4.79 Å². The molecule has 0 saturated carbocycles. The summed E-state index contributed by atoms with van der Waals surface area (Å²) in [6.45, 7) is 8.24. The number of nitrogens with one attached hydrogen (secondary N) is 1. The van der Waals surface area contributed by atoms with Gasteiger partial charge in [-0.1, -0.05) is 30.3 Å². The van der Waals surface area contributed by atoms with Crippen LogP contribution < -0.4 is 0 Å². The van der Waals surface area contributed by atoms with E-state index in [2.05, 4.69) is 41.2 Å². The van der Waals surface area contributed by atoms with Crippen molar-refractivity contribution >= 4 is 28.1 Å². The number of rotatable bonds is 4. The van der Waals surface area contributed by atoms with Crippen LogP contribution in [0.1, 0.15) is 27.3 Å². The summed E-state index contributed by atoms with van der Waals surface area (Å²) in [7, 11) is 0. The van der Waals surface area contributed by atoms with Crippen LogP contribution in [0.4, 0.5) is 0 Å². The van der Waals surface area contributed by atoms with Gasteiger partial charge in [-0.15, -0.1) is 11.3 Å². The molecule has 0 unspecified atom stereocenters. The highest BCUT2D eigenvalue weighted by atomic mass is 32.1. The average molecular weight is 431 g/mol. The van der Waals surface area contributed by atoms with Gasteiger partial charge < -0.3 is 9.88 Å². The summed E-state index contributed by atoms with van der Waals surface area (Å²) in [5.41, 5.74) is 6.51. The first-order valence-electron chi connectivity index (χ1n) is 10.7. The normalized spacial score (nSPS) is 15.0. The quantitative estimate of drug-likeness (QED) is 0.503. The number of benzene rings is 2. The van der Waals surface area contributed by atoms with E-state index in [1.54, 1.807) is 11.3 Å². The molecule has 0 atom stereocenters. The Morgan fingerprint density at radius 1 is 1.06 bits per heavy atom. The summed E-state index contributed by atoms with van der Waals surface area (Å²) in [4.78, 5) is 25.6. The molecular weight excluding hydrogens is 404 g/mol. The molecule has 2 aromatic carbocycles. The maximum absolute atomic E-state index is 13.1. The molecule has 4 aromatic rings. The number of aryl methyl sites for hydroxylation is 2. The van der Waals surface area contributed by atoms with Gasteiger partial charge >= 0.3 is 0 Å². The van der Waals surface area contributed by atoms with E-state index in [0.29, 0.717) is 0 Å². The SMILES string of the molecule is Cc1[nH]c2ccc(C(=O)N3CCN(Cc4csc(-c5ccccc5)n4)CC3)cc2c1C. The minimum Gasteiger partial charge on any atom is -0.358 e. The zero-order valence-electron chi connectivity index (χ0n) is 17.9. The molecule has 0 bridgehead atoms. The summed E-state index contributed by atoms with van der Waals surface area (Å²) in [6.07, 6.45) is 0. The molecule has 0 spiro atoms. The van der Waals surface area contributed by atoms with Crippen LogP contribution in [0.25, 0.3) is 21.5 Å². The molecule has 0 radical (unpaired) electrons. The fourth-order valence-corrected chi connectivity index (χ4v) is 5.02. The van der Waals surface area contributed by atoms with E-state index >= 15 is 0 Å². The molecular formula is C25H26N4OS. The Labute approximate surface area is 186 Å². The highest BCUT2D eigenvalue weighted by molar-refractivity contribution is 7.13. The van der Waals surface area contributed by atoms with Crippen LogP contribution >= 0.6 is 11.3 Å². The lowest BCUT2D eigenvalue weighted by Crippen LogP contribution is -2.48. The minimum atomic E-state index is 0.125. The number of carbonyl (C=O) groups excluding carboxylic acids is 1. The number of hydrogen-bond donors (Lipinski definition) is 1. The molecule has 1 fully saturated rings. The van der Waals surface area contributed by atoms with Gasteiger partial charge in [-0.25, -0.2) is 4.98 Å². The molecule has 1 saturated heterocycles. The zero-order valence-corrected chi connectivity index (χ0v) is 18.7. The van der Waals surface area contributed by atoms with Crippen molar-refractivity contribution in [2.45, 2.75) is 20.4 Å². The lowest BCUT2D eigenvalue weighted by molar-refractivity contribution is 0.0627. The molecule has 1 amide bonds. The van der Waals surface area contributed by atoms with Gasteiger partial charge in [0.1, 0.15) is 5.01 Å². The minimum absolute atomic E-state index is 0.125. The Kier molecular flexibility index (Phi) is 5.34. The number of thiazole rings is 1. The number of fused-ring (bicyclic) bond motifs is 1. The van der Waals surface area contributed by atoms with Gasteiger partial charge in [-0.3, -0.25) is 9.69 Å². The molecule has 1 aliphatic heterocycles. The van der Waals surface area contributed by atoms with Gasteiger partial charge in [-0.05, 0) is 37.6 Å². The van der Waals surface area contributed by atoms with Crippen molar-refractivity contribution in [3.63, 3.8) is 0 Å². The third kappa shape index (κ3) is 4.01. The summed E-state index contributed by atoms with van der Waals surface area (Å²) >= 11 is 1.69.